The highest BCUT2D eigenvalue weighted by Gasteiger charge is 2.30. The molecule has 1 aliphatic heterocycles. The quantitative estimate of drug-likeness (QED) is 0.758. The van der Waals surface area contributed by atoms with E-state index in [1.165, 1.54) is 17.7 Å². The number of H-pyrrole nitrogens is 1. The van der Waals surface area contributed by atoms with Crippen LogP contribution >= 0.6 is 0 Å². The van der Waals surface area contributed by atoms with Crippen LogP contribution in [0.25, 0.3) is 11.0 Å². The van der Waals surface area contributed by atoms with Gasteiger partial charge >= 0.3 is 0 Å². The summed E-state index contributed by atoms with van der Waals surface area (Å²) in [7, 11) is 0. The Hall–Kier alpha value is -1.92. The van der Waals surface area contributed by atoms with E-state index in [0.29, 0.717) is 23.4 Å². The number of fused-ring (bicyclic) bond motifs is 2. The molecule has 0 aromatic carbocycles. The van der Waals surface area contributed by atoms with Crippen molar-refractivity contribution < 1.29 is 4.79 Å². The third kappa shape index (κ3) is 4.08. The fraction of sp³-hybridized carbons (Fsp3) is 0.636. The molecule has 2 aromatic rings. The van der Waals surface area contributed by atoms with Crippen molar-refractivity contribution >= 4 is 16.9 Å². The molecule has 28 heavy (non-hydrogen) atoms. The van der Waals surface area contributed by atoms with Crippen LogP contribution in [-0.4, -0.2) is 60.0 Å². The lowest BCUT2D eigenvalue weighted by Crippen LogP contribution is -2.46. The summed E-state index contributed by atoms with van der Waals surface area (Å²) in [5.74, 6) is 0.652. The molecule has 6 nitrogen and oxygen atoms in total. The van der Waals surface area contributed by atoms with Crippen molar-refractivity contribution in [1.29, 1.82) is 0 Å². The predicted molar refractivity (Wildman–Crippen MR) is 113 cm³/mol. The first-order valence-corrected chi connectivity index (χ1v) is 10.6. The Morgan fingerprint density at radius 3 is 2.86 bits per heavy atom. The van der Waals surface area contributed by atoms with Crippen LogP contribution < -0.4 is 10.6 Å². The van der Waals surface area contributed by atoms with Crippen molar-refractivity contribution in [3.63, 3.8) is 0 Å². The number of hydrogen-bond donors (Lipinski definition) is 3. The summed E-state index contributed by atoms with van der Waals surface area (Å²) in [6.07, 6.45) is 5.06. The van der Waals surface area contributed by atoms with Gasteiger partial charge in [0.2, 0.25) is 0 Å². The summed E-state index contributed by atoms with van der Waals surface area (Å²) in [6, 6.07) is 2.22. The topological polar surface area (TPSA) is 73.1 Å². The maximum absolute atomic E-state index is 12.7. The van der Waals surface area contributed by atoms with E-state index in [1.807, 2.05) is 6.20 Å². The third-order valence-corrected chi connectivity index (χ3v) is 6.41. The first-order valence-electron chi connectivity index (χ1n) is 10.6. The lowest BCUT2D eigenvalue weighted by atomic mass is 9.71. The molecule has 0 spiro atoms. The van der Waals surface area contributed by atoms with Crippen LogP contribution in [0.2, 0.25) is 0 Å². The Labute approximate surface area is 167 Å². The molecule has 6 heteroatoms. The first kappa shape index (κ1) is 19.4. The van der Waals surface area contributed by atoms with Gasteiger partial charge in [0, 0.05) is 51.2 Å². The normalized spacial score (nSPS) is 20.9. The van der Waals surface area contributed by atoms with E-state index in [2.05, 4.69) is 47.4 Å². The number of aromatic amines is 1. The number of nitrogens with one attached hydrogen (secondary N) is 3. The number of nitrogens with zero attached hydrogens (tertiary/aromatic N) is 2. The van der Waals surface area contributed by atoms with E-state index in [9.17, 15) is 4.79 Å². The number of aryl methyl sites for hydroxylation is 1. The van der Waals surface area contributed by atoms with E-state index in [4.69, 9.17) is 4.98 Å². The van der Waals surface area contributed by atoms with Gasteiger partial charge < -0.3 is 15.6 Å². The summed E-state index contributed by atoms with van der Waals surface area (Å²) < 4.78 is 0. The van der Waals surface area contributed by atoms with Gasteiger partial charge in [0.25, 0.3) is 5.91 Å². The summed E-state index contributed by atoms with van der Waals surface area (Å²) in [6.45, 7) is 12.7. The fourth-order valence-corrected chi connectivity index (χ4v) is 4.47. The number of rotatable bonds is 4. The Bertz CT molecular complexity index is 844. The van der Waals surface area contributed by atoms with Crippen molar-refractivity contribution in [2.75, 3.05) is 39.3 Å². The molecule has 1 unspecified atom stereocenters. The van der Waals surface area contributed by atoms with Gasteiger partial charge in [-0.25, -0.2) is 0 Å². The number of piperazine rings is 1. The van der Waals surface area contributed by atoms with Gasteiger partial charge in [0.05, 0.1) is 11.1 Å². The lowest BCUT2D eigenvalue weighted by Gasteiger charge is -2.34. The zero-order valence-electron chi connectivity index (χ0n) is 17.4. The molecule has 4 rings (SSSR count). The summed E-state index contributed by atoms with van der Waals surface area (Å²) in [5, 5.41) is 6.42. The Balaban J connectivity index is 1.45. The average Bonchev–Trinajstić information content (AvgIpc) is 3.08. The van der Waals surface area contributed by atoms with Crippen molar-refractivity contribution in [1.82, 2.24) is 25.5 Å². The lowest BCUT2D eigenvalue weighted by molar-refractivity contribution is 0.0949. The Morgan fingerprint density at radius 2 is 2.11 bits per heavy atom. The van der Waals surface area contributed by atoms with Crippen LogP contribution in [0.15, 0.2) is 12.3 Å². The Morgan fingerprint density at radius 1 is 1.32 bits per heavy atom. The highest BCUT2D eigenvalue weighted by Crippen LogP contribution is 2.37. The average molecular weight is 384 g/mol. The summed E-state index contributed by atoms with van der Waals surface area (Å²) in [4.78, 5) is 23.3. The second-order valence-electron chi connectivity index (χ2n) is 9.35. The van der Waals surface area contributed by atoms with Crippen LogP contribution in [0.1, 0.15) is 48.8 Å². The van der Waals surface area contributed by atoms with E-state index in [1.54, 1.807) is 0 Å². The highest BCUT2D eigenvalue weighted by atomic mass is 16.1. The van der Waals surface area contributed by atoms with Gasteiger partial charge in [0.1, 0.15) is 5.52 Å². The zero-order valence-corrected chi connectivity index (χ0v) is 17.4. The van der Waals surface area contributed by atoms with E-state index in [-0.39, 0.29) is 5.91 Å². The number of aromatic nitrogens is 2. The van der Waals surface area contributed by atoms with E-state index in [0.717, 1.165) is 56.6 Å². The van der Waals surface area contributed by atoms with Gasteiger partial charge in [-0.05, 0) is 42.2 Å². The third-order valence-electron chi connectivity index (χ3n) is 6.41. The van der Waals surface area contributed by atoms with Gasteiger partial charge in [-0.2, -0.15) is 0 Å². The number of amides is 1. The van der Waals surface area contributed by atoms with Crippen LogP contribution in [0.5, 0.6) is 0 Å². The van der Waals surface area contributed by atoms with Crippen molar-refractivity contribution in [2.45, 2.75) is 40.0 Å². The molecular weight excluding hydrogens is 350 g/mol. The zero-order chi connectivity index (χ0) is 19.7. The number of hydrogen-bond acceptors (Lipinski definition) is 4. The van der Waals surface area contributed by atoms with Gasteiger partial charge in [0.15, 0.2) is 0 Å². The molecule has 0 bridgehead atoms. The molecule has 2 aromatic heterocycles. The molecule has 1 amide bonds. The van der Waals surface area contributed by atoms with Gasteiger partial charge in [-0.15, -0.1) is 0 Å². The molecule has 1 atom stereocenters. The van der Waals surface area contributed by atoms with Crippen LogP contribution in [-0.2, 0) is 12.8 Å². The largest absolute Gasteiger partial charge is 0.359 e. The highest BCUT2D eigenvalue weighted by molar-refractivity contribution is 6.05. The molecule has 3 N–H and O–H groups in total. The monoisotopic (exact) mass is 383 g/mol. The molecule has 3 heterocycles. The van der Waals surface area contributed by atoms with E-state index < -0.39 is 0 Å². The van der Waals surface area contributed by atoms with Crippen LogP contribution in [0.3, 0.4) is 0 Å². The fourth-order valence-electron chi connectivity index (χ4n) is 4.47. The molecular formula is C22H33N5O. The molecule has 0 saturated carbocycles. The standard InChI is InChI=1S/C22H33N5O/c1-22(2,3)16-4-5-18-15(12-16)13-19-20(26-18)17(14-25-19)21(28)24-8-11-27-9-6-23-7-10-27/h13-14,16,23,25H,4-12H2,1-3H3,(H,24,28). The van der Waals surface area contributed by atoms with Crippen LogP contribution in [0, 0.1) is 11.3 Å². The van der Waals surface area contributed by atoms with Gasteiger partial charge in [-0.3, -0.25) is 14.7 Å². The number of pyridine rings is 1. The number of carbonyl (C=O) groups excluding carboxylic acids is 1. The Kier molecular flexibility index (Phi) is 5.43. The minimum absolute atomic E-state index is 0.0304. The second-order valence-corrected chi connectivity index (χ2v) is 9.35. The summed E-state index contributed by atoms with van der Waals surface area (Å²) >= 11 is 0. The molecule has 2 aliphatic rings. The predicted octanol–water partition coefficient (Wildman–Crippen LogP) is 2.35. The number of carbonyl (C=O) groups is 1. The minimum atomic E-state index is -0.0304. The molecule has 1 aliphatic carbocycles. The molecule has 0 radical (unpaired) electrons. The maximum atomic E-state index is 12.7. The molecule has 152 valence electrons. The SMILES string of the molecule is CC(C)(C)C1CCc2nc3c(C(=O)NCCN4CCNCC4)c[nH]c3cc2C1. The smallest absolute Gasteiger partial charge is 0.255 e. The van der Waals surface area contributed by atoms with Crippen molar-refractivity contribution in [3.8, 4) is 0 Å². The minimum Gasteiger partial charge on any atom is -0.359 e. The summed E-state index contributed by atoms with van der Waals surface area (Å²) in [5.41, 5.74) is 5.27. The first-order chi connectivity index (χ1) is 13.4. The maximum Gasteiger partial charge on any atom is 0.255 e. The van der Waals surface area contributed by atoms with E-state index >= 15 is 0 Å². The van der Waals surface area contributed by atoms with Crippen molar-refractivity contribution in [3.05, 3.63) is 29.1 Å². The second kappa shape index (κ2) is 7.84. The molecule has 1 fully saturated rings. The van der Waals surface area contributed by atoms with Crippen LogP contribution in [0.4, 0.5) is 0 Å². The van der Waals surface area contributed by atoms with Crippen molar-refractivity contribution in [2.24, 2.45) is 11.3 Å². The molecule has 1 saturated heterocycles. The van der Waals surface area contributed by atoms with Gasteiger partial charge in [-0.1, -0.05) is 20.8 Å².